The molecule has 1 unspecified atom stereocenters. The summed E-state index contributed by atoms with van der Waals surface area (Å²) in [6.45, 7) is 8.27. The summed E-state index contributed by atoms with van der Waals surface area (Å²) in [6.07, 6.45) is 4.00. The molecular formula is C11H19NO. The van der Waals surface area contributed by atoms with Crippen LogP contribution in [0.25, 0.3) is 0 Å². The van der Waals surface area contributed by atoms with E-state index in [-0.39, 0.29) is 5.91 Å². The van der Waals surface area contributed by atoms with Crippen LogP contribution in [-0.2, 0) is 4.79 Å². The summed E-state index contributed by atoms with van der Waals surface area (Å²) in [7, 11) is 0. The molecule has 0 aromatic carbocycles. The Morgan fingerprint density at radius 2 is 2.08 bits per heavy atom. The fourth-order valence-corrected chi connectivity index (χ4v) is 1.61. The highest BCUT2D eigenvalue weighted by atomic mass is 16.1. The van der Waals surface area contributed by atoms with E-state index in [0.717, 1.165) is 12.0 Å². The zero-order valence-corrected chi connectivity index (χ0v) is 8.98. The molecule has 0 saturated heterocycles. The van der Waals surface area contributed by atoms with E-state index in [1.165, 1.54) is 6.42 Å². The van der Waals surface area contributed by atoms with Gasteiger partial charge in [0.15, 0.2) is 0 Å². The molecule has 0 aromatic rings. The summed E-state index contributed by atoms with van der Waals surface area (Å²) in [5.41, 5.74) is 1.35. The zero-order chi connectivity index (χ0) is 10.1. The molecule has 0 aliphatic heterocycles. The van der Waals surface area contributed by atoms with Crippen molar-refractivity contribution in [2.75, 3.05) is 0 Å². The molecule has 1 atom stereocenters. The highest BCUT2D eigenvalue weighted by molar-refractivity contribution is 5.88. The Balaban J connectivity index is 2.42. The predicted molar refractivity (Wildman–Crippen MR) is 54.4 cm³/mol. The second-order valence-electron chi connectivity index (χ2n) is 4.81. The predicted octanol–water partition coefficient (Wildman–Crippen LogP) is 2.26. The molecule has 0 aromatic heterocycles. The Morgan fingerprint density at radius 1 is 1.46 bits per heavy atom. The van der Waals surface area contributed by atoms with Crippen LogP contribution in [0.15, 0.2) is 11.6 Å². The summed E-state index contributed by atoms with van der Waals surface area (Å²) < 4.78 is 0. The van der Waals surface area contributed by atoms with Gasteiger partial charge in [0.05, 0.1) is 0 Å². The molecule has 1 rings (SSSR count). The van der Waals surface area contributed by atoms with Crippen molar-refractivity contribution in [2.45, 2.75) is 46.6 Å². The Bertz CT molecular complexity index is 236. The van der Waals surface area contributed by atoms with Crippen molar-refractivity contribution >= 4 is 5.91 Å². The Hall–Kier alpha value is -0.790. The molecule has 1 amide bonds. The minimum Gasteiger partial charge on any atom is -0.349 e. The minimum atomic E-state index is 0.0535. The SMILES string of the molecule is CC(C)=CC(=O)NC1CCC1(C)C. The van der Waals surface area contributed by atoms with Gasteiger partial charge in [-0.05, 0) is 32.1 Å². The topological polar surface area (TPSA) is 29.1 Å². The molecule has 0 radical (unpaired) electrons. The van der Waals surface area contributed by atoms with E-state index >= 15 is 0 Å². The van der Waals surface area contributed by atoms with Gasteiger partial charge in [-0.15, -0.1) is 0 Å². The van der Waals surface area contributed by atoms with Crippen molar-refractivity contribution in [1.29, 1.82) is 0 Å². The molecule has 13 heavy (non-hydrogen) atoms. The molecule has 1 saturated carbocycles. The van der Waals surface area contributed by atoms with E-state index in [1.807, 2.05) is 13.8 Å². The number of amides is 1. The van der Waals surface area contributed by atoms with Crippen molar-refractivity contribution < 1.29 is 4.79 Å². The van der Waals surface area contributed by atoms with E-state index in [4.69, 9.17) is 0 Å². The number of nitrogens with one attached hydrogen (secondary N) is 1. The largest absolute Gasteiger partial charge is 0.349 e. The van der Waals surface area contributed by atoms with Crippen LogP contribution in [0.5, 0.6) is 0 Å². The van der Waals surface area contributed by atoms with Crippen LogP contribution in [0.2, 0.25) is 0 Å². The summed E-state index contributed by atoms with van der Waals surface area (Å²) in [4.78, 5) is 11.4. The normalized spacial score (nSPS) is 24.5. The third-order valence-corrected chi connectivity index (χ3v) is 2.76. The standard InChI is InChI=1S/C11H19NO/c1-8(2)7-10(13)12-9-5-6-11(9,3)4/h7,9H,5-6H2,1-4H3,(H,12,13). The first-order valence-corrected chi connectivity index (χ1v) is 4.87. The van der Waals surface area contributed by atoms with Crippen LogP contribution in [0.4, 0.5) is 0 Å². The van der Waals surface area contributed by atoms with E-state index in [1.54, 1.807) is 6.08 Å². The lowest BCUT2D eigenvalue weighted by Gasteiger charge is -2.44. The molecule has 1 fully saturated rings. The molecule has 2 nitrogen and oxygen atoms in total. The van der Waals surface area contributed by atoms with Crippen molar-refractivity contribution in [3.63, 3.8) is 0 Å². The molecule has 0 heterocycles. The molecule has 2 heteroatoms. The highest BCUT2D eigenvalue weighted by Crippen LogP contribution is 2.39. The molecule has 74 valence electrons. The summed E-state index contributed by atoms with van der Waals surface area (Å²) in [5.74, 6) is 0.0535. The number of hydrogen-bond donors (Lipinski definition) is 1. The fourth-order valence-electron chi connectivity index (χ4n) is 1.61. The lowest BCUT2D eigenvalue weighted by atomic mass is 9.67. The number of carbonyl (C=O) groups excluding carboxylic acids is 1. The van der Waals surface area contributed by atoms with Gasteiger partial charge < -0.3 is 5.32 Å². The third kappa shape index (κ3) is 2.58. The summed E-state index contributed by atoms with van der Waals surface area (Å²) in [5, 5.41) is 3.02. The van der Waals surface area contributed by atoms with Crippen LogP contribution in [0.1, 0.15) is 40.5 Å². The van der Waals surface area contributed by atoms with Crippen molar-refractivity contribution in [3.05, 3.63) is 11.6 Å². The molecule has 1 N–H and O–H groups in total. The second-order valence-corrected chi connectivity index (χ2v) is 4.81. The molecule has 1 aliphatic carbocycles. The zero-order valence-electron chi connectivity index (χ0n) is 8.98. The van der Waals surface area contributed by atoms with Gasteiger partial charge in [-0.1, -0.05) is 19.4 Å². The van der Waals surface area contributed by atoms with Gasteiger partial charge in [0.2, 0.25) is 5.91 Å². The number of rotatable bonds is 2. The van der Waals surface area contributed by atoms with Crippen LogP contribution in [0.3, 0.4) is 0 Å². The number of hydrogen-bond acceptors (Lipinski definition) is 1. The summed E-state index contributed by atoms with van der Waals surface area (Å²) in [6, 6.07) is 0.371. The average molecular weight is 181 g/mol. The van der Waals surface area contributed by atoms with Crippen molar-refractivity contribution in [3.8, 4) is 0 Å². The Morgan fingerprint density at radius 3 is 2.38 bits per heavy atom. The maximum absolute atomic E-state index is 11.4. The lowest BCUT2D eigenvalue weighted by Crippen LogP contribution is -2.51. The van der Waals surface area contributed by atoms with Gasteiger partial charge in [0.25, 0.3) is 0 Å². The van der Waals surface area contributed by atoms with Gasteiger partial charge >= 0.3 is 0 Å². The van der Waals surface area contributed by atoms with Gasteiger partial charge in [-0.25, -0.2) is 0 Å². The first-order chi connectivity index (χ1) is 5.92. The maximum Gasteiger partial charge on any atom is 0.244 e. The van der Waals surface area contributed by atoms with Crippen LogP contribution in [-0.4, -0.2) is 11.9 Å². The van der Waals surface area contributed by atoms with Crippen molar-refractivity contribution in [2.24, 2.45) is 5.41 Å². The maximum atomic E-state index is 11.4. The smallest absolute Gasteiger partial charge is 0.244 e. The number of carbonyl (C=O) groups is 1. The molecule has 0 spiro atoms. The van der Waals surface area contributed by atoms with E-state index in [2.05, 4.69) is 19.2 Å². The highest BCUT2D eigenvalue weighted by Gasteiger charge is 2.38. The summed E-state index contributed by atoms with van der Waals surface area (Å²) >= 11 is 0. The second kappa shape index (κ2) is 3.52. The van der Waals surface area contributed by atoms with E-state index < -0.39 is 0 Å². The monoisotopic (exact) mass is 181 g/mol. The fraction of sp³-hybridized carbons (Fsp3) is 0.727. The first kappa shape index (κ1) is 10.3. The van der Waals surface area contributed by atoms with Gasteiger partial charge in [-0.2, -0.15) is 0 Å². The minimum absolute atomic E-state index is 0.0535. The first-order valence-electron chi connectivity index (χ1n) is 4.87. The quantitative estimate of drug-likeness (QED) is 0.650. The van der Waals surface area contributed by atoms with Gasteiger partial charge in [0, 0.05) is 12.1 Å². The molecule has 0 bridgehead atoms. The van der Waals surface area contributed by atoms with E-state index in [0.29, 0.717) is 11.5 Å². The van der Waals surface area contributed by atoms with Crippen molar-refractivity contribution in [1.82, 2.24) is 5.32 Å². The average Bonchev–Trinajstić information content (AvgIpc) is 1.97. The molecule has 1 aliphatic rings. The Kier molecular flexibility index (Phi) is 2.79. The van der Waals surface area contributed by atoms with E-state index in [9.17, 15) is 4.79 Å². The van der Waals surface area contributed by atoms with Crippen LogP contribution in [0, 0.1) is 5.41 Å². The number of allylic oxidation sites excluding steroid dienone is 1. The van der Waals surface area contributed by atoms with Gasteiger partial charge in [-0.3, -0.25) is 4.79 Å². The lowest BCUT2D eigenvalue weighted by molar-refractivity contribution is -0.119. The third-order valence-electron chi connectivity index (χ3n) is 2.76. The molecular weight excluding hydrogens is 162 g/mol. The van der Waals surface area contributed by atoms with Gasteiger partial charge in [0.1, 0.15) is 0 Å². The van der Waals surface area contributed by atoms with Crippen LogP contribution >= 0.6 is 0 Å². The van der Waals surface area contributed by atoms with Crippen LogP contribution < -0.4 is 5.32 Å². The Labute approximate surface area is 80.4 Å².